The lowest BCUT2D eigenvalue weighted by molar-refractivity contribution is 0.0403. The molecule has 1 saturated heterocycles. The number of hydrogen-bond donors (Lipinski definition) is 1. The molecule has 0 aromatic carbocycles. The second-order valence-corrected chi connectivity index (χ2v) is 6.11. The summed E-state index contributed by atoms with van der Waals surface area (Å²) in [6.07, 6.45) is 3.46. The van der Waals surface area contributed by atoms with Crippen LogP contribution < -0.4 is 5.32 Å². The van der Waals surface area contributed by atoms with E-state index < -0.39 is 0 Å². The number of nitrogens with zero attached hydrogens (tertiary/aromatic N) is 2. The summed E-state index contributed by atoms with van der Waals surface area (Å²) in [5.41, 5.74) is 1.20. The van der Waals surface area contributed by atoms with Gasteiger partial charge in [0.05, 0.1) is 5.69 Å². The minimum Gasteiger partial charge on any atom is -0.381 e. The summed E-state index contributed by atoms with van der Waals surface area (Å²) in [5, 5.41) is 6.79. The minimum absolute atomic E-state index is 0.650. The smallest absolute Gasteiger partial charge is 0.107 e. The fourth-order valence-corrected chi connectivity index (χ4v) is 3.14. The molecule has 0 radical (unpaired) electrons. The van der Waals surface area contributed by atoms with E-state index in [2.05, 4.69) is 29.6 Å². The van der Waals surface area contributed by atoms with Gasteiger partial charge in [-0.25, -0.2) is 4.98 Å². The van der Waals surface area contributed by atoms with E-state index in [1.54, 1.807) is 11.3 Å². The zero-order valence-corrected chi connectivity index (χ0v) is 12.8. The number of thiazole rings is 1. The molecule has 2 heterocycles. The van der Waals surface area contributed by atoms with Crippen molar-refractivity contribution < 1.29 is 4.74 Å². The van der Waals surface area contributed by atoms with Gasteiger partial charge in [0.15, 0.2) is 0 Å². The van der Waals surface area contributed by atoms with Crippen LogP contribution in [0.5, 0.6) is 0 Å². The highest BCUT2D eigenvalue weighted by Crippen LogP contribution is 2.17. The fourth-order valence-electron chi connectivity index (χ4n) is 2.39. The van der Waals surface area contributed by atoms with Crippen molar-refractivity contribution in [1.29, 1.82) is 0 Å². The topological polar surface area (TPSA) is 37.4 Å². The molecule has 1 aliphatic heterocycles. The Kier molecular flexibility index (Phi) is 6.23. The molecule has 5 heteroatoms. The van der Waals surface area contributed by atoms with Gasteiger partial charge in [-0.1, -0.05) is 6.92 Å². The molecule has 0 amide bonds. The van der Waals surface area contributed by atoms with Crippen LogP contribution in [0.2, 0.25) is 0 Å². The molecule has 1 fully saturated rings. The first-order valence-corrected chi connectivity index (χ1v) is 8.09. The van der Waals surface area contributed by atoms with E-state index in [0.717, 1.165) is 45.7 Å². The Hall–Kier alpha value is -0.490. The standard InChI is InChI=1S/C14H25N3OS/c1-3-6-15-9-14-16-12(11-19-14)10-17(2)13-4-7-18-8-5-13/h11,13,15H,3-10H2,1-2H3. The van der Waals surface area contributed by atoms with Crippen LogP contribution in [0.3, 0.4) is 0 Å². The molecule has 108 valence electrons. The second-order valence-electron chi connectivity index (χ2n) is 5.17. The summed E-state index contributed by atoms with van der Waals surface area (Å²) in [6.45, 7) is 6.91. The Labute approximate surface area is 120 Å². The molecular weight excluding hydrogens is 258 g/mol. The molecule has 0 aliphatic carbocycles. The number of hydrogen-bond acceptors (Lipinski definition) is 5. The Bertz CT molecular complexity index is 363. The lowest BCUT2D eigenvalue weighted by Crippen LogP contribution is -2.36. The molecule has 4 nitrogen and oxygen atoms in total. The fraction of sp³-hybridized carbons (Fsp3) is 0.786. The van der Waals surface area contributed by atoms with Crippen molar-refractivity contribution in [3.8, 4) is 0 Å². The summed E-state index contributed by atoms with van der Waals surface area (Å²) >= 11 is 1.76. The zero-order chi connectivity index (χ0) is 13.5. The number of rotatable bonds is 7. The van der Waals surface area contributed by atoms with E-state index in [1.807, 2.05) is 0 Å². The van der Waals surface area contributed by atoms with Gasteiger partial charge in [-0.2, -0.15) is 0 Å². The normalized spacial score (nSPS) is 17.2. The summed E-state index contributed by atoms with van der Waals surface area (Å²) in [7, 11) is 2.20. The van der Waals surface area contributed by atoms with Crippen LogP contribution in [0.4, 0.5) is 0 Å². The molecule has 0 spiro atoms. The summed E-state index contributed by atoms with van der Waals surface area (Å²) < 4.78 is 5.41. The van der Waals surface area contributed by atoms with Gasteiger partial charge in [0.25, 0.3) is 0 Å². The van der Waals surface area contributed by atoms with Gasteiger partial charge in [-0.05, 0) is 32.9 Å². The van der Waals surface area contributed by atoms with E-state index in [4.69, 9.17) is 9.72 Å². The monoisotopic (exact) mass is 283 g/mol. The van der Waals surface area contributed by atoms with Crippen LogP contribution in [-0.4, -0.2) is 42.7 Å². The second kappa shape index (κ2) is 7.94. The highest BCUT2D eigenvalue weighted by Gasteiger charge is 2.19. The van der Waals surface area contributed by atoms with Gasteiger partial charge in [0, 0.05) is 37.7 Å². The van der Waals surface area contributed by atoms with Gasteiger partial charge < -0.3 is 10.1 Å². The average Bonchev–Trinajstić information content (AvgIpc) is 2.88. The maximum Gasteiger partial charge on any atom is 0.107 e. The van der Waals surface area contributed by atoms with Crippen molar-refractivity contribution in [2.45, 2.75) is 45.3 Å². The molecule has 1 aromatic heterocycles. The molecule has 0 saturated carbocycles. The predicted octanol–water partition coefficient (Wildman–Crippen LogP) is 2.25. The largest absolute Gasteiger partial charge is 0.381 e. The highest BCUT2D eigenvalue weighted by molar-refractivity contribution is 7.09. The van der Waals surface area contributed by atoms with Gasteiger partial charge in [-0.15, -0.1) is 11.3 Å². The van der Waals surface area contributed by atoms with E-state index in [9.17, 15) is 0 Å². The third kappa shape index (κ3) is 4.84. The van der Waals surface area contributed by atoms with Gasteiger partial charge >= 0.3 is 0 Å². The molecule has 2 rings (SSSR count). The van der Waals surface area contributed by atoms with E-state index in [-0.39, 0.29) is 0 Å². The summed E-state index contributed by atoms with van der Waals surface area (Å²) in [6, 6.07) is 0.650. The van der Waals surface area contributed by atoms with Crippen molar-refractivity contribution >= 4 is 11.3 Å². The SMILES string of the molecule is CCCNCc1nc(CN(C)C2CCOCC2)cs1. The number of ether oxygens (including phenoxy) is 1. The molecule has 1 aliphatic rings. The van der Waals surface area contributed by atoms with Gasteiger partial charge in [-0.3, -0.25) is 4.90 Å². The Morgan fingerprint density at radius 3 is 3.00 bits per heavy atom. The first-order chi connectivity index (χ1) is 9.29. The Morgan fingerprint density at radius 2 is 2.26 bits per heavy atom. The quantitative estimate of drug-likeness (QED) is 0.779. The molecular formula is C14H25N3OS. The van der Waals surface area contributed by atoms with E-state index in [0.29, 0.717) is 6.04 Å². The molecule has 1 aromatic rings. The van der Waals surface area contributed by atoms with E-state index in [1.165, 1.54) is 17.1 Å². The lowest BCUT2D eigenvalue weighted by atomic mass is 10.1. The van der Waals surface area contributed by atoms with Crippen molar-refractivity contribution in [3.05, 3.63) is 16.1 Å². The van der Waals surface area contributed by atoms with Gasteiger partial charge in [0.1, 0.15) is 5.01 Å². The molecule has 0 bridgehead atoms. The predicted molar refractivity (Wildman–Crippen MR) is 79.4 cm³/mol. The minimum atomic E-state index is 0.650. The Morgan fingerprint density at radius 1 is 1.47 bits per heavy atom. The molecule has 0 unspecified atom stereocenters. The first kappa shape index (κ1) is 14.9. The maximum absolute atomic E-state index is 5.41. The maximum atomic E-state index is 5.41. The number of nitrogens with one attached hydrogen (secondary N) is 1. The third-order valence-electron chi connectivity index (χ3n) is 3.53. The van der Waals surface area contributed by atoms with E-state index >= 15 is 0 Å². The number of aromatic nitrogens is 1. The van der Waals surface area contributed by atoms with Crippen LogP contribution in [-0.2, 0) is 17.8 Å². The van der Waals surface area contributed by atoms with Crippen LogP contribution in [0, 0.1) is 0 Å². The van der Waals surface area contributed by atoms with Crippen molar-refractivity contribution in [3.63, 3.8) is 0 Å². The summed E-state index contributed by atoms with van der Waals surface area (Å²) in [5.74, 6) is 0. The molecule has 0 atom stereocenters. The van der Waals surface area contributed by atoms with Crippen molar-refractivity contribution in [2.24, 2.45) is 0 Å². The molecule has 1 N–H and O–H groups in total. The van der Waals surface area contributed by atoms with Crippen LogP contribution in [0.1, 0.15) is 36.9 Å². The average molecular weight is 283 g/mol. The lowest BCUT2D eigenvalue weighted by Gasteiger charge is -2.30. The first-order valence-electron chi connectivity index (χ1n) is 7.21. The third-order valence-corrected chi connectivity index (χ3v) is 4.43. The van der Waals surface area contributed by atoms with Crippen LogP contribution >= 0.6 is 11.3 Å². The highest BCUT2D eigenvalue weighted by atomic mass is 32.1. The van der Waals surface area contributed by atoms with Crippen LogP contribution in [0.25, 0.3) is 0 Å². The van der Waals surface area contributed by atoms with Crippen molar-refractivity contribution in [1.82, 2.24) is 15.2 Å². The molecule has 19 heavy (non-hydrogen) atoms. The summed E-state index contributed by atoms with van der Waals surface area (Å²) in [4.78, 5) is 7.12. The zero-order valence-electron chi connectivity index (χ0n) is 12.0. The Balaban J connectivity index is 1.78. The van der Waals surface area contributed by atoms with Crippen LogP contribution in [0.15, 0.2) is 5.38 Å². The van der Waals surface area contributed by atoms with Crippen molar-refractivity contribution in [2.75, 3.05) is 26.8 Å². The van der Waals surface area contributed by atoms with Gasteiger partial charge in [0.2, 0.25) is 0 Å².